The maximum absolute atomic E-state index is 10.7. The Hall–Kier alpha value is -1.05. The highest BCUT2D eigenvalue weighted by molar-refractivity contribution is 5.87. The van der Waals surface area contributed by atoms with Crippen LogP contribution in [0.3, 0.4) is 0 Å². The second-order valence-electron chi connectivity index (χ2n) is 1.64. The van der Waals surface area contributed by atoms with Gasteiger partial charge in [-0.15, -0.1) is 0 Å². The highest BCUT2D eigenvalue weighted by Gasteiger charge is 1.95. The smallest absolute Gasteiger partial charge is 0.249 e. The summed E-state index contributed by atoms with van der Waals surface area (Å²) < 4.78 is 0. The molecule has 0 spiro atoms. The summed E-state index contributed by atoms with van der Waals surface area (Å²) >= 11 is 0. The van der Waals surface area contributed by atoms with Gasteiger partial charge in [-0.25, -0.2) is 0 Å². The van der Waals surface area contributed by atoms with Gasteiger partial charge in [0.2, 0.25) is 5.91 Å². The first-order valence-electron chi connectivity index (χ1n) is 3.74. The third kappa shape index (κ3) is 6.84. The average molecular weight is 155 g/mol. The van der Waals surface area contributed by atoms with Crippen LogP contribution in [-0.2, 0) is 4.79 Å². The molecule has 0 aromatic carbocycles. The van der Waals surface area contributed by atoms with E-state index in [1.54, 1.807) is 19.3 Å². The standard InChI is InChI=1S/C7H11NO.C2H6/c1-4-6-8(3)7(9)5-2;1-2/h4-6H,2H2,1,3H3;1-2H3/b6-4-;. The van der Waals surface area contributed by atoms with E-state index in [9.17, 15) is 4.79 Å². The van der Waals surface area contributed by atoms with Gasteiger partial charge in [-0.05, 0) is 13.0 Å². The molecule has 0 aliphatic carbocycles. The topological polar surface area (TPSA) is 20.3 Å². The van der Waals surface area contributed by atoms with Gasteiger partial charge in [0.1, 0.15) is 0 Å². The third-order valence-corrected chi connectivity index (χ3v) is 0.895. The molecule has 0 saturated heterocycles. The summed E-state index contributed by atoms with van der Waals surface area (Å²) in [5.41, 5.74) is 0. The van der Waals surface area contributed by atoms with E-state index in [0.29, 0.717) is 0 Å². The monoisotopic (exact) mass is 155 g/mol. The van der Waals surface area contributed by atoms with Crippen molar-refractivity contribution in [2.75, 3.05) is 7.05 Å². The van der Waals surface area contributed by atoms with Crippen molar-refractivity contribution in [3.8, 4) is 0 Å². The SMILES string of the molecule is C=CC(=O)N(C)/C=C\C.CC. The molecule has 2 nitrogen and oxygen atoms in total. The molecule has 0 rings (SSSR count). The summed E-state index contributed by atoms with van der Waals surface area (Å²) in [4.78, 5) is 12.1. The third-order valence-electron chi connectivity index (χ3n) is 0.895. The molecule has 0 aliphatic heterocycles. The number of hydrogen-bond acceptors (Lipinski definition) is 1. The first-order chi connectivity index (χ1) is 5.22. The Bertz CT molecular complexity index is 138. The largest absolute Gasteiger partial charge is 0.319 e. The van der Waals surface area contributed by atoms with Gasteiger partial charge in [-0.3, -0.25) is 4.79 Å². The molecular weight excluding hydrogens is 138 g/mol. The Morgan fingerprint density at radius 1 is 1.45 bits per heavy atom. The van der Waals surface area contributed by atoms with Crippen molar-refractivity contribution in [3.05, 3.63) is 24.9 Å². The van der Waals surface area contributed by atoms with E-state index in [-0.39, 0.29) is 5.91 Å². The van der Waals surface area contributed by atoms with Crippen molar-refractivity contribution in [1.82, 2.24) is 4.90 Å². The van der Waals surface area contributed by atoms with Crippen molar-refractivity contribution >= 4 is 5.91 Å². The van der Waals surface area contributed by atoms with Crippen LogP contribution in [0, 0.1) is 0 Å². The second kappa shape index (κ2) is 8.95. The molecule has 0 radical (unpaired) electrons. The Morgan fingerprint density at radius 2 is 1.91 bits per heavy atom. The highest BCUT2D eigenvalue weighted by atomic mass is 16.2. The molecular formula is C9H17NO. The molecule has 0 aromatic heterocycles. The molecule has 0 N–H and O–H groups in total. The molecule has 0 aromatic rings. The van der Waals surface area contributed by atoms with E-state index < -0.39 is 0 Å². The molecule has 0 fully saturated rings. The summed E-state index contributed by atoms with van der Waals surface area (Å²) in [5, 5.41) is 0. The van der Waals surface area contributed by atoms with Crippen molar-refractivity contribution in [2.45, 2.75) is 20.8 Å². The number of hydrogen-bond donors (Lipinski definition) is 0. The van der Waals surface area contributed by atoms with Gasteiger partial charge in [-0.1, -0.05) is 26.5 Å². The van der Waals surface area contributed by atoms with Crippen LogP contribution in [0.2, 0.25) is 0 Å². The van der Waals surface area contributed by atoms with Crippen molar-refractivity contribution in [1.29, 1.82) is 0 Å². The number of amides is 1. The van der Waals surface area contributed by atoms with Gasteiger partial charge in [0.25, 0.3) is 0 Å². The summed E-state index contributed by atoms with van der Waals surface area (Å²) in [7, 11) is 1.68. The lowest BCUT2D eigenvalue weighted by molar-refractivity contribution is -0.122. The van der Waals surface area contributed by atoms with E-state index in [1.807, 2.05) is 20.8 Å². The number of likely N-dealkylation sites (N-methyl/N-ethyl adjacent to an activating group) is 1. The van der Waals surface area contributed by atoms with E-state index in [0.717, 1.165) is 0 Å². The normalized spacial score (nSPS) is 8.36. The average Bonchev–Trinajstić information content (AvgIpc) is 2.07. The zero-order chi connectivity index (χ0) is 9.28. The molecule has 0 heterocycles. The van der Waals surface area contributed by atoms with Crippen LogP contribution in [0.1, 0.15) is 20.8 Å². The Kier molecular flexibility index (Phi) is 10.3. The molecule has 64 valence electrons. The maximum Gasteiger partial charge on any atom is 0.249 e. The van der Waals surface area contributed by atoms with Crippen molar-refractivity contribution in [2.24, 2.45) is 0 Å². The van der Waals surface area contributed by atoms with Crippen LogP contribution >= 0.6 is 0 Å². The molecule has 0 aliphatic rings. The molecule has 0 saturated carbocycles. The lowest BCUT2D eigenvalue weighted by Gasteiger charge is -2.06. The van der Waals surface area contributed by atoms with Crippen LogP contribution < -0.4 is 0 Å². The van der Waals surface area contributed by atoms with Crippen LogP contribution in [0.5, 0.6) is 0 Å². The zero-order valence-corrected chi connectivity index (χ0v) is 7.79. The van der Waals surface area contributed by atoms with Crippen molar-refractivity contribution < 1.29 is 4.79 Å². The van der Waals surface area contributed by atoms with E-state index >= 15 is 0 Å². The fourth-order valence-corrected chi connectivity index (χ4v) is 0.441. The van der Waals surface area contributed by atoms with Crippen LogP contribution in [0.25, 0.3) is 0 Å². The fourth-order valence-electron chi connectivity index (χ4n) is 0.441. The Labute approximate surface area is 69.2 Å². The number of carbonyl (C=O) groups excluding carboxylic acids is 1. The summed E-state index contributed by atoms with van der Waals surface area (Å²) in [5.74, 6) is -0.0897. The molecule has 0 bridgehead atoms. The second-order valence-corrected chi connectivity index (χ2v) is 1.64. The number of allylic oxidation sites excluding steroid dienone is 1. The van der Waals surface area contributed by atoms with Crippen LogP contribution in [0.4, 0.5) is 0 Å². The summed E-state index contributed by atoms with van der Waals surface area (Å²) in [6.07, 6.45) is 4.76. The lowest BCUT2D eigenvalue weighted by Crippen LogP contribution is -2.17. The first-order valence-corrected chi connectivity index (χ1v) is 3.74. The minimum atomic E-state index is -0.0897. The quantitative estimate of drug-likeness (QED) is 0.560. The van der Waals surface area contributed by atoms with Gasteiger partial charge < -0.3 is 4.90 Å². The zero-order valence-electron chi connectivity index (χ0n) is 7.79. The molecule has 0 unspecified atom stereocenters. The van der Waals surface area contributed by atoms with Gasteiger partial charge in [0.15, 0.2) is 0 Å². The van der Waals surface area contributed by atoms with Crippen LogP contribution in [-0.4, -0.2) is 17.9 Å². The Balaban J connectivity index is 0. The Morgan fingerprint density at radius 3 is 2.18 bits per heavy atom. The van der Waals surface area contributed by atoms with E-state index in [4.69, 9.17) is 0 Å². The number of nitrogens with zero attached hydrogens (tertiary/aromatic N) is 1. The van der Waals surface area contributed by atoms with Gasteiger partial charge in [-0.2, -0.15) is 0 Å². The van der Waals surface area contributed by atoms with Gasteiger partial charge in [0, 0.05) is 13.2 Å². The predicted molar refractivity (Wildman–Crippen MR) is 49.1 cm³/mol. The minimum absolute atomic E-state index is 0.0897. The summed E-state index contributed by atoms with van der Waals surface area (Å²) in [6, 6.07) is 0. The van der Waals surface area contributed by atoms with E-state index in [1.165, 1.54) is 11.0 Å². The molecule has 11 heavy (non-hydrogen) atoms. The van der Waals surface area contributed by atoms with Gasteiger partial charge >= 0.3 is 0 Å². The minimum Gasteiger partial charge on any atom is -0.319 e. The highest BCUT2D eigenvalue weighted by Crippen LogP contribution is 1.85. The molecule has 0 atom stereocenters. The maximum atomic E-state index is 10.7. The predicted octanol–water partition coefficient (Wildman–Crippen LogP) is 2.19. The van der Waals surface area contributed by atoms with Crippen molar-refractivity contribution in [3.63, 3.8) is 0 Å². The van der Waals surface area contributed by atoms with E-state index in [2.05, 4.69) is 6.58 Å². The van der Waals surface area contributed by atoms with Crippen LogP contribution in [0.15, 0.2) is 24.9 Å². The van der Waals surface area contributed by atoms with Gasteiger partial charge in [0.05, 0.1) is 0 Å². The first kappa shape index (κ1) is 12.6. The fraction of sp³-hybridized carbons (Fsp3) is 0.444. The summed E-state index contributed by atoms with van der Waals surface area (Å²) in [6.45, 7) is 9.19. The molecule has 1 amide bonds. The number of rotatable bonds is 2. The molecule has 2 heteroatoms. The number of carbonyl (C=O) groups is 1. The lowest BCUT2D eigenvalue weighted by atomic mass is 10.5.